The van der Waals surface area contributed by atoms with Crippen LogP contribution in [0, 0.1) is 0 Å². The summed E-state index contributed by atoms with van der Waals surface area (Å²) in [5.74, 6) is 0. The van der Waals surface area contributed by atoms with Crippen LogP contribution in [0.5, 0.6) is 0 Å². The van der Waals surface area contributed by atoms with Crippen LogP contribution < -0.4 is 10.0 Å². The van der Waals surface area contributed by atoms with Crippen molar-refractivity contribution in [2.75, 3.05) is 13.3 Å². The summed E-state index contributed by atoms with van der Waals surface area (Å²) in [7, 11) is -1.51. The van der Waals surface area contributed by atoms with Crippen molar-refractivity contribution in [1.29, 1.82) is 0 Å². The molecule has 1 aromatic heterocycles. The van der Waals surface area contributed by atoms with Crippen molar-refractivity contribution in [1.82, 2.24) is 10.0 Å². The number of hydrogen-bond donors (Lipinski definition) is 2. The van der Waals surface area contributed by atoms with E-state index in [0.717, 1.165) is 24.1 Å². The third-order valence-electron chi connectivity index (χ3n) is 3.35. The Kier molecular flexibility index (Phi) is 5.30. The Morgan fingerprint density at radius 1 is 1.47 bits per heavy atom. The molecule has 4 nitrogen and oxygen atoms in total. The van der Waals surface area contributed by atoms with Gasteiger partial charge in [-0.2, -0.15) is 11.8 Å². The van der Waals surface area contributed by atoms with Crippen molar-refractivity contribution < 1.29 is 8.42 Å². The maximum atomic E-state index is 12.3. The molecule has 0 radical (unpaired) electrons. The Morgan fingerprint density at radius 2 is 2.26 bits per heavy atom. The summed E-state index contributed by atoms with van der Waals surface area (Å²) in [5, 5.41) is 5.16. The van der Waals surface area contributed by atoms with Crippen molar-refractivity contribution in [3.63, 3.8) is 0 Å². The van der Waals surface area contributed by atoms with E-state index in [1.54, 1.807) is 23.2 Å². The minimum Gasteiger partial charge on any atom is -0.315 e. The van der Waals surface area contributed by atoms with E-state index in [0.29, 0.717) is 16.7 Å². The van der Waals surface area contributed by atoms with Crippen LogP contribution in [0.2, 0.25) is 0 Å². The molecule has 2 rings (SSSR count). The summed E-state index contributed by atoms with van der Waals surface area (Å²) < 4.78 is 27.5. The molecule has 7 heteroatoms. The highest BCUT2D eigenvalue weighted by Crippen LogP contribution is 2.30. The molecule has 1 saturated carbocycles. The van der Waals surface area contributed by atoms with E-state index < -0.39 is 10.0 Å². The summed E-state index contributed by atoms with van der Waals surface area (Å²) in [6.07, 6.45) is 5.20. The molecule has 0 amide bonds. The van der Waals surface area contributed by atoms with Gasteiger partial charge in [0, 0.05) is 28.1 Å². The Balaban J connectivity index is 2.08. The van der Waals surface area contributed by atoms with E-state index in [2.05, 4.69) is 10.0 Å². The molecule has 1 heterocycles. The number of nitrogens with one attached hydrogen (secondary N) is 2. The van der Waals surface area contributed by atoms with Gasteiger partial charge >= 0.3 is 0 Å². The number of thiophene rings is 1. The molecule has 108 valence electrons. The molecule has 0 saturated heterocycles. The fraction of sp³-hybridized carbons (Fsp3) is 0.667. The van der Waals surface area contributed by atoms with Gasteiger partial charge in [0.05, 0.1) is 4.90 Å². The second kappa shape index (κ2) is 6.58. The van der Waals surface area contributed by atoms with E-state index in [-0.39, 0.29) is 6.04 Å². The van der Waals surface area contributed by atoms with Crippen LogP contribution in [-0.2, 0) is 16.6 Å². The standard InChI is InChI=1S/C12H20N2O2S3/c1-13-7-9-6-10(8-18-9)19(15,16)14-11-4-3-5-12(11)17-2/h6,8,11-14H,3-5,7H2,1-2H3. The van der Waals surface area contributed by atoms with Gasteiger partial charge in [-0.1, -0.05) is 6.42 Å². The quantitative estimate of drug-likeness (QED) is 0.842. The molecule has 2 atom stereocenters. The zero-order chi connectivity index (χ0) is 13.9. The van der Waals surface area contributed by atoms with Gasteiger partial charge in [0.25, 0.3) is 0 Å². The molecular formula is C12H20N2O2S3. The minimum absolute atomic E-state index is 0.0765. The molecule has 2 unspecified atom stereocenters. The van der Waals surface area contributed by atoms with Crippen molar-refractivity contribution in [2.45, 2.75) is 42.0 Å². The Labute approximate surface area is 123 Å². The lowest BCUT2D eigenvalue weighted by Gasteiger charge is -2.18. The van der Waals surface area contributed by atoms with Gasteiger partial charge < -0.3 is 5.32 Å². The highest BCUT2D eigenvalue weighted by atomic mass is 32.2. The maximum absolute atomic E-state index is 12.3. The third-order valence-corrected chi connectivity index (χ3v) is 7.08. The minimum atomic E-state index is -3.36. The molecule has 1 aliphatic carbocycles. The number of hydrogen-bond acceptors (Lipinski definition) is 5. The average molecular weight is 321 g/mol. The van der Waals surface area contributed by atoms with E-state index >= 15 is 0 Å². The zero-order valence-corrected chi connectivity index (χ0v) is 13.6. The van der Waals surface area contributed by atoms with Crippen LogP contribution in [0.3, 0.4) is 0 Å². The zero-order valence-electron chi connectivity index (χ0n) is 11.2. The number of sulfonamides is 1. The topological polar surface area (TPSA) is 58.2 Å². The first-order chi connectivity index (χ1) is 9.06. The first-order valence-electron chi connectivity index (χ1n) is 6.34. The first-order valence-corrected chi connectivity index (χ1v) is 9.99. The summed E-state index contributed by atoms with van der Waals surface area (Å²) in [6.45, 7) is 0.705. The van der Waals surface area contributed by atoms with E-state index in [1.807, 2.05) is 13.3 Å². The van der Waals surface area contributed by atoms with Crippen LogP contribution in [0.1, 0.15) is 24.1 Å². The molecule has 1 fully saturated rings. The molecular weight excluding hydrogens is 300 g/mol. The van der Waals surface area contributed by atoms with Crippen LogP contribution in [0.25, 0.3) is 0 Å². The predicted octanol–water partition coefficient (Wildman–Crippen LogP) is 2.03. The van der Waals surface area contributed by atoms with Crippen molar-refractivity contribution in [3.8, 4) is 0 Å². The smallest absolute Gasteiger partial charge is 0.241 e. The second-order valence-corrected chi connectivity index (χ2v) is 8.50. The summed E-state index contributed by atoms with van der Waals surface area (Å²) in [6, 6.07) is 1.83. The molecule has 1 aliphatic rings. The fourth-order valence-electron chi connectivity index (χ4n) is 2.38. The monoisotopic (exact) mass is 320 g/mol. The van der Waals surface area contributed by atoms with Gasteiger partial charge in [0.15, 0.2) is 0 Å². The van der Waals surface area contributed by atoms with E-state index in [4.69, 9.17) is 0 Å². The largest absolute Gasteiger partial charge is 0.315 e. The highest BCUT2D eigenvalue weighted by Gasteiger charge is 2.30. The van der Waals surface area contributed by atoms with Gasteiger partial charge in [-0.15, -0.1) is 11.3 Å². The fourth-order valence-corrected chi connectivity index (χ4v) is 6.00. The van der Waals surface area contributed by atoms with Crippen LogP contribution in [0.15, 0.2) is 16.3 Å². The third kappa shape index (κ3) is 3.72. The molecule has 0 aliphatic heterocycles. The molecule has 1 aromatic rings. The van der Waals surface area contributed by atoms with E-state index in [1.165, 1.54) is 11.3 Å². The normalized spacial score (nSPS) is 23.9. The van der Waals surface area contributed by atoms with Crippen molar-refractivity contribution in [2.24, 2.45) is 0 Å². The van der Waals surface area contributed by atoms with Gasteiger partial charge in [0.2, 0.25) is 10.0 Å². The summed E-state index contributed by atoms with van der Waals surface area (Å²) >= 11 is 3.23. The highest BCUT2D eigenvalue weighted by molar-refractivity contribution is 7.99. The van der Waals surface area contributed by atoms with Gasteiger partial charge in [0.1, 0.15) is 0 Å². The Morgan fingerprint density at radius 3 is 2.95 bits per heavy atom. The SMILES string of the molecule is CNCc1cc(S(=O)(=O)NC2CCCC2SC)cs1. The van der Waals surface area contributed by atoms with Crippen molar-refractivity contribution in [3.05, 3.63) is 16.3 Å². The van der Waals surface area contributed by atoms with E-state index in [9.17, 15) is 8.42 Å². The molecule has 0 spiro atoms. The predicted molar refractivity (Wildman–Crippen MR) is 82.3 cm³/mol. The maximum Gasteiger partial charge on any atom is 0.241 e. The summed E-state index contributed by atoms with van der Waals surface area (Å²) in [5.41, 5.74) is 0. The van der Waals surface area contributed by atoms with Gasteiger partial charge in [-0.05, 0) is 32.2 Å². The number of thioether (sulfide) groups is 1. The van der Waals surface area contributed by atoms with Gasteiger partial charge in [-0.25, -0.2) is 13.1 Å². The lowest BCUT2D eigenvalue weighted by atomic mass is 10.3. The summed E-state index contributed by atoms with van der Waals surface area (Å²) in [4.78, 5) is 1.44. The molecule has 0 bridgehead atoms. The Hall–Kier alpha value is -0.0800. The van der Waals surface area contributed by atoms with Crippen LogP contribution in [0.4, 0.5) is 0 Å². The molecule has 2 N–H and O–H groups in total. The first kappa shape index (κ1) is 15.3. The molecule has 19 heavy (non-hydrogen) atoms. The van der Waals surface area contributed by atoms with Gasteiger partial charge in [-0.3, -0.25) is 0 Å². The Bertz CT molecular complexity index is 513. The lowest BCUT2D eigenvalue weighted by molar-refractivity contribution is 0.555. The number of rotatable bonds is 6. The molecule has 0 aromatic carbocycles. The average Bonchev–Trinajstić information content (AvgIpc) is 2.98. The van der Waals surface area contributed by atoms with Crippen LogP contribution >= 0.6 is 23.1 Å². The second-order valence-electron chi connectivity index (χ2n) is 4.71. The van der Waals surface area contributed by atoms with Crippen molar-refractivity contribution >= 4 is 33.1 Å². The van der Waals surface area contributed by atoms with Crippen LogP contribution in [-0.4, -0.2) is 33.0 Å². The lowest BCUT2D eigenvalue weighted by Crippen LogP contribution is -2.38.